The Morgan fingerprint density at radius 2 is 1.85 bits per heavy atom. The van der Waals surface area contributed by atoms with Crippen LogP contribution in [0.2, 0.25) is 0 Å². The summed E-state index contributed by atoms with van der Waals surface area (Å²) in [7, 11) is 0. The Labute approximate surface area is 121 Å². The highest BCUT2D eigenvalue weighted by Crippen LogP contribution is 2.25. The first-order valence-electron chi connectivity index (χ1n) is 7.55. The second-order valence-electron chi connectivity index (χ2n) is 6.01. The average Bonchev–Trinajstić information content (AvgIpc) is 2.70. The second kappa shape index (κ2) is 6.44. The molecule has 1 aliphatic carbocycles. The molecule has 1 aromatic heterocycles. The van der Waals surface area contributed by atoms with Crippen molar-refractivity contribution in [3.63, 3.8) is 0 Å². The molecule has 1 aromatic rings. The summed E-state index contributed by atoms with van der Waals surface area (Å²) in [6, 6.07) is 3.33. The van der Waals surface area contributed by atoms with Crippen molar-refractivity contribution in [2.45, 2.75) is 71.5 Å². The maximum atomic E-state index is 11.1. The van der Waals surface area contributed by atoms with Gasteiger partial charge in [-0.15, -0.1) is 0 Å². The molecule has 1 amide bonds. The monoisotopic (exact) mass is 278 g/mol. The molecule has 4 nitrogen and oxygen atoms in total. The summed E-state index contributed by atoms with van der Waals surface area (Å²) in [5, 5.41) is 6.71. The lowest BCUT2D eigenvalue weighted by Crippen LogP contribution is -2.42. The van der Waals surface area contributed by atoms with E-state index in [0.717, 1.165) is 37.2 Å². The summed E-state index contributed by atoms with van der Waals surface area (Å²) in [4.78, 5) is 11.1. The lowest BCUT2D eigenvalue weighted by atomic mass is 9.90. The van der Waals surface area contributed by atoms with Crippen LogP contribution in [0.3, 0.4) is 0 Å². The van der Waals surface area contributed by atoms with Crippen LogP contribution in [0.15, 0.2) is 10.5 Å². The van der Waals surface area contributed by atoms with Gasteiger partial charge in [-0.2, -0.15) is 0 Å². The van der Waals surface area contributed by atoms with E-state index in [9.17, 15) is 4.79 Å². The number of hydrogen-bond acceptors (Lipinski definition) is 3. The normalized spacial score (nSPS) is 24.4. The molecule has 0 aliphatic heterocycles. The standard InChI is InChI=1S/C16H26N2O2/c1-10-9-16(12(3)20-10)11(2)17-14-5-7-15(8-6-14)18-13(4)19/h9,11,14-15,17H,5-8H2,1-4H3,(H,18,19)/t11-,14?,15?/m0/s1. The lowest BCUT2D eigenvalue weighted by Gasteiger charge is -2.31. The van der Waals surface area contributed by atoms with Gasteiger partial charge in [-0.25, -0.2) is 0 Å². The highest BCUT2D eigenvalue weighted by molar-refractivity contribution is 5.73. The Morgan fingerprint density at radius 1 is 1.25 bits per heavy atom. The first kappa shape index (κ1) is 15.1. The minimum absolute atomic E-state index is 0.0827. The molecule has 1 fully saturated rings. The molecule has 0 radical (unpaired) electrons. The van der Waals surface area contributed by atoms with Crippen molar-refractivity contribution in [3.05, 3.63) is 23.2 Å². The summed E-state index contributed by atoms with van der Waals surface area (Å²) in [6.45, 7) is 7.80. The van der Waals surface area contributed by atoms with Gasteiger partial charge in [0.05, 0.1) is 0 Å². The van der Waals surface area contributed by atoms with E-state index in [4.69, 9.17) is 4.42 Å². The topological polar surface area (TPSA) is 54.3 Å². The van der Waals surface area contributed by atoms with Gasteiger partial charge in [-0.3, -0.25) is 4.79 Å². The van der Waals surface area contributed by atoms with Crippen molar-refractivity contribution >= 4 is 5.91 Å². The Balaban J connectivity index is 1.83. The first-order valence-corrected chi connectivity index (χ1v) is 7.55. The maximum absolute atomic E-state index is 11.1. The summed E-state index contributed by atoms with van der Waals surface area (Å²) in [5.41, 5.74) is 1.26. The Hall–Kier alpha value is -1.29. The Kier molecular flexibility index (Phi) is 4.86. The van der Waals surface area contributed by atoms with E-state index in [1.54, 1.807) is 6.92 Å². The van der Waals surface area contributed by atoms with E-state index in [-0.39, 0.29) is 5.91 Å². The summed E-state index contributed by atoms with van der Waals surface area (Å²) < 4.78 is 5.60. The zero-order chi connectivity index (χ0) is 14.7. The minimum Gasteiger partial charge on any atom is -0.466 e. The molecule has 2 N–H and O–H groups in total. The van der Waals surface area contributed by atoms with Crippen molar-refractivity contribution in [2.24, 2.45) is 0 Å². The molecule has 1 aliphatic rings. The highest BCUT2D eigenvalue weighted by Gasteiger charge is 2.23. The SMILES string of the molecule is CC(=O)NC1CCC(N[C@@H](C)c2cc(C)oc2C)CC1. The minimum atomic E-state index is 0.0827. The molecule has 0 unspecified atom stereocenters. The number of rotatable bonds is 4. The molecule has 20 heavy (non-hydrogen) atoms. The van der Waals surface area contributed by atoms with Gasteiger partial charge in [0.1, 0.15) is 11.5 Å². The Morgan fingerprint density at radius 3 is 2.35 bits per heavy atom. The average molecular weight is 278 g/mol. The van der Waals surface area contributed by atoms with Gasteiger partial charge in [0.25, 0.3) is 0 Å². The van der Waals surface area contributed by atoms with Gasteiger partial charge in [0.2, 0.25) is 5.91 Å². The Bertz CT molecular complexity index is 459. The van der Waals surface area contributed by atoms with Gasteiger partial charge in [0, 0.05) is 30.6 Å². The molecule has 0 aromatic carbocycles. The van der Waals surface area contributed by atoms with Gasteiger partial charge in [-0.1, -0.05) is 0 Å². The number of hydrogen-bond donors (Lipinski definition) is 2. The number of amides is 1. The van der Waals surface area contributed by atoms with Crippen LogP contribution in [-0.4, -0.2) is 18.0 Å². The molecular weight excluding hydrogens is 252 g/mol. The zero-order valence-electron chi connectivity index (χ0n) is 13.0. The first-order chi connectivity index (χ1) is 9.45. The third kappa shape index (κ3) is 3.85. The molecule has 0 bridgehead atoms. The summed E-state index contributed by atoms with van der Waals surface area (Å²) in [5.74, 6) is 2.06. The van der Waals surface area contributed by atoms with Crippen LogP contribution in [0, 0.1) is 13.8 Å². The quantitative estimate of drug-likeness (QED) is 0.890. The third-order valence-electron chi connectivity index (χ3n) is 4.17. The number of carbonyl (C=O) groups excluding carboxylic acids is 1. The number of nitrogens with one attached hydrogen (secondary N) is 2. The van der Waals surface area contributed by atoms with E-state index in [2.05, 4.69) is 23.6 Å². The predicted octanol–water partition coefficient (Wildman–Crippen LogP) is 2.99. The van der Waals surface area contributed by atoms with Gasteiger partial charge >= 0.3 is 0 Å². The molecule has 1 atom stereocenters. The van der Waals surface area contributed by atoms with Crippen LogP contribution >= 0.6 is 0 Å². The fourth-order valence-corrected chi connectivity index (χ4v) is 3.22. The van der Waals surface area contributed by atoms with Crippen LogP contribution < -0.4 is 10.6 Å². The van der Waals surface area contributed by atoms with E-state index < -0.39 is 0 Å². The van der Waals surface area contributed by atoms with E-state index in [1.165, 1.54) is 5.56 Å². The maximum Gasteiger partial charge on any atom is 0.217 e. The number of furan rings is 1. The summed E-state index contributed by atoms with van der Waals surface area (Å²) >= 11 is 0. The fraction of sp³-hybridized carbons (Fsp3) is 0.688. The number of aryl methyl sites for hydroxylation is 2. The molecule has 112 valence electrons. The molecule has 4 heteroatoms. The molecule has 2 rings (SSSR count). The van der Waals surface area contributed by atoms with Crippen molar-refractivity contribution < 1.29 is 9.21 Å². The van der Waals surface area contributed by atoms with E-state index >= 15 is 0 Å². The largest absolute Gasteiger partial charge is 0.466 e. The lowest BCUT2D eigenvalue weighted by molar-refractivity contribution is -0.119. The van der Waals surface area contributed by atoms with Crippen LogP contribution in [0.5, 0.6) is 0 Å². The smallest absolute Gasteiger partial charge is 0.217 e. The van der Waals surface area contributed by atoms with Crippen LogP contribution in [0.25, 0.3) is 0 Å². The van der Waals surface area contributed by atoms with Crippen LogP contribution in [0.1, 0.15) is 62.7 Å². The highest BCUT2D eigenvalue weighted by atomic mass is 16.3. The molecule has 0 spiro atoms. The van der Waals surface area contributed by atoms with Gasteiger partial charge in [-0.05, 0) is 52.5 Å². The molecule has 1 heterocycles. The summed E-state index contributed by atoms with van der Waals surface area (Å²) in [6.07, 6.45) is 4.36. The molecule has 1 saturated carbocycles. The van der Waals surface area contributed by atoms with Crippen molar-refractivity contribution in [1.82, 2.24) is 10.6 Å². The third-order valence-corrected chi connectivity index (χ3v) is 4.17. The van der Waals surface area contributed by atoms with Crippen molar-refractivity contribution in [3.8, 4) is 0 Å². The van der Waals surface area contributed by atoms with Crippen molar-refractivity contribution in [1.29, 1.82) is 0 Å². The molecule has 0 saturated heterocycles. The van der Waals surface area contributed by atoms with Gasteiger partial charge in [0.15, 0.2) is 0 Å². The van der Waals surface area contributed by atoms with E-state index in [1.807, 2.05) is 13.8 Å². The second-order valence-corrected chi connectivity index (χ2v) is 6.01. The van der Waals surface area contributed by atoms with Gasteiger partial charge < -0.3 is 15.1 Å². The fourth-order valence-electron chi connectivity index (χ4n) is 3.22. The molecular formula is C16H26N2O2. The number of carbonyl (C=O) groups is 1. The van der Waals surface area contributed by atoms with Crippen LogP contribution in [0.4, 0.5) is 0 Å². The predicted molar refractivity (Wildman–Crippen MR) is 79.6 cm³/mol. The van der Waals surface area contributed by atoms with Crippen LogP contribution in [-0.2, 0) is 4.79 Å². The zero-order valence-corrected chi connectivity index (χ0v) is 13.0. The van der Waals surface area contributed by atoms with Crippen molar-refractivity contribution in [2.75, 3.05) is 0 Å². The van der Waals surface area contributed by atoms with E-state index in [0.29, 0.717) is 18.1 Å².